The van der Waals surface area contributed by atoms with Gasteiger partial charge in [0.1, 0.15) is 0 Å². The molecule has 1 aliphatic rings. The molecule has 6 heteroatoms. The number of carbonyl (C=O) groups is 1. The number of anilines is 2. The molecule has 0 N–H and O–H groups in total. The first-order valence-electron chi connectivity index (χ1n) is 10.3. The van der Waals surface area contributed by atoms with E-state index in [4.69, 9.17) is 0 Å². The quantitative estimate of drug-likeness (QED) is 0.597. The van der Waals surface area contributed by atoms with Gasteiger partial charge in [-0.25, -0.2) is 8.42 Å². The highest BCUT2D eigenvalue weighted by Gasteiger charge is 2.32. The number of nitrogens with zero attached hydrogens (tertiary/aromatic N) is 2. The fraction of sp³-hybridized carbons (Fsp3) is 0.240. The number of hydrogen-bond acceptors (Lipinski definition) is 3. The Morgan fingerprint density at radius 1 is 1.00 bits per heavy atom. The van der Waals surface area contributed by atoms with Crippen LogP contribution in [0, 0.1) is 13.8 Å². The Kier molecular flexibility index (Phi) is 5.35. The number of fused-ring (bicyclic) bond motifs is 1. The molecule has 5 nitrogen and oxygen atoms in total. The van der Waals surface area contributed by atoms with Crippen LogP contribution in [0.3, 0.4) is 0 Å². The number of amides is 1. The number of rotatable bonds is 4. The van der Waals surface area contributed by atoms with Gasteiger partial charge in [-0.15, -0.1) is 0 Å². The molecule has 0 saturated carbocycles. The lowest BCUT2D eigenvalue weighted by Crippen LogP contribution is -2.36. The maximum Gasteiger partial charge on any atom is 0.264 e. The summed E-state index contributed by atoms with van der Waals surface area (Å²) in [6.07, 6.45) is 0.808. The predicted molar refractivity (Wildman–Crippen MR) is 124 cm³/mol. The minimum Gasteiger partial charge on any atom is -0.305 e. The lowest BCUT2D eigenvalue weighted by molar-refractivity contribution is 0.0981. The number of sulfonamides is 1. The molecule has 1 unspecified atom stereocenters. The SMILES string of the molecule is Cc1ccc(S(=O)(=O)N(C)c2cc(C(=O)N3c4ccccc4CC3C)ccc2C)cc1. The molecular formula is C25H26N2O3S. The van der Waals surface area contributed by atoms with Gasteiger partial charge in [-0.2, -0.15) is 0 Å². The predicted octanol–water partition coefficient (Wildman–Crippen LogP) is 4.72. The van der Waals surface area contributed by atoms with Gasteiger partial charge in [0, 0.05) is 24.3 Å². The number of para-hydroxylation sites is 1. The zero-order valence-corrected chi connectivity index (χ0v) is 19.0. The monoisotopic (exact) mass is 434 g/mol. The van der Waals surface area contributed by atoms with E-state index in [1.54, 1.807) is 47.4 Å². The molecule has 31 heavy (non-hydrogen) atoms. The van der Waals surface area contributed by atoms with Crippen molar-refractivity contribution in [1.82, 2.24) is 0 Å². The van der Waals surface area contributed by atoms with Gasteiger partial charge in [-0.3, -0.25) is 9.10 Å². The number of aryl methyl sites for hydroxylation is 2. The maximum atomic E-state index is 13.4. The third-order valence-electron chi connectivity index (χ3n) is 5.90. The summed E-state index contributed by atoms with van der Waals surface area (Å²) in [7, 11) is -2.22. The van der Waals surface area contributed by atoms with E-state index >= 15 is 0 Å². The van der Waals surface area contributed by atoms with Crippen LogP contribution >= 0.6 is 0 Å². The van der Waals surface area contributed by atoms with Gasteiger partial charge in [0.15, 0.2) is 0 Å². The standard InChI is InChI=1S/C25H26N2O3S/c1-17-9-13-22(14-10-17)31(29,30)26(4)24-16-21(12-11-18(24)2)25(28)27-19(3)15-20-7-5-6-8-23(20)27/h5-14,16,19H,15H2,1-4H3. The second-order valence-corrected chi connectivity index (χ2v) is 10.1. The molecule has 1 aliphatic heterocycles. The Morgan fingerprint density at radius 2 is 1.68 bits per heavy atom. The van der Waals surface area contributed by atoms with Gasteiger partial charge in [0.2, 0.25) is 0 Å². The first kappa shape index (κ1) is 21.1. The van der Waals surface area contributed by atoms with Crippen molar-refractivity contribution in [3.8, 4) is 0 Å². The summed E-state index contributed by atoms with van der Waals surface area (Å²) < 4.78 is 27.6. The smallest absolute Gasteiger partial charge is 0.264 e. The van der Waals surface area contributed by atoms with Crippen molar-refractivity contribution < 1.29 is 13.2 Å². The van der Waals surface area contributed by atoms with E-state index in [0.717, 1.165) is 28.8 Å². The van der Waals surface area contributed by atoms with Crippen LogP contribution in [0.25, 0.3) is 0 Å². The van der Waals surface area contributed by atoms with Gasteiger partial charge in [-0.1, -0.05) is 42.0 Å². The third kappa shape index (κ3) is 3.72. The summed E-state index contributed by atoms with van der Waals surface area (Å²) >= 11 is 0. The second kappa shape index (κ2) is 7.85. The Bertz CT molecular complexity index is 1250. The molecule has 1 atom stereocenters. The first-order chi connectivity index (χ1) is 14.7. The molecule has 0 saturated heterocycles. The number of carbonyl (C=O) groups excluding carboxylic acids is 1. The number of benzene rings is 3. The summed E-state index contributed by atoms with van der Waals surface area (Å²) in [5.41, 5.74) is 4.80. The van der Waals surface area contributed by atoms with Crippen molar-refractivity contribution in [3.05, 3.63) is 89.0 Å². The first-order valence-corrected chi connectivity index (χ1v) is 11.7. The maximum absolute atomic E-state index is 13.4. The molecule has 0 radical (unpaired) electrons. The van der Waals surface area contributed by atoms with Crippen molar-refractivity contribution in [2.24, 2.45) is 0 Å². The largest absolute Gasteiger partial charge is 0.305 e. The highest BCUT2D eigenvalue weighted by Crippen LogP contribution is 2.34. The van der Waals surface area contributed by atoms with Gasteiger partial charge in [0.05, 0.1) is 10.6 Å². The van der Waals surface area contributed by atoms with E-state index in [1.807, 2.05) is 45.0 Å². The number of hydrogen-bond donors (Lipinski definition) is 0. The molecule has 0 spiro atoms. The summed E-state index contributed by atoms with van der Waals surface area (Å²) in [4.78, 5) is 15.4. The van der Waals surface area contributed by atoms with Crippen LogP contribution in [0.1, 0.15) is 34.0 Å². The van der Waals surface area contributed by atoms with Crippen LogP contribution < -0.4 is 9.21 Å². The van der Waals surface area contributed by atoms with Crippen molar-refractivity contribution >= 4 is 27.3 Å². The van der Waals surface area contributed by atoms with Crippen LogP contribution in [0.4, 0.5) is 11.4 Å². The van der Waals surface area contributed by atoms with E-state index in [9.17, 15) is 13.2 Å². The summed E-state index contributed by atoms with van der Waals surface area (Å²) in [5, 5.41) is 0. The van der Waals surface area contributed by atoms with Crippen LogP contribution in [-0.2, 0) is 16.4 Å². The summed E-state index contributed by atoms with van der Waals surface area (Å²) in [5.74, 6) is -0.125. The van der Waals surface area contributed by atoms with E-state index in [1.165, 1.54) is 11.4 Å². The van der Waals surface area contributed by atoms with Crippen LogP contribution in [-0.4, -0.2) is 27.4 Å². The van der Waals surface area contributed by atoms with Crippen LogP contribution in [0.5, 0.6) is 0 Å². The van der Waals surface area contributed by atoms with E-state index in [2.05, 4.69) is 0 Å². The van der Waals surface area contributed by atoms with Crippen LogP contribution in [0.15, 0.2) is 71.6 Å². The third-order valence-corrected chi connectivity index (χ3v) is 7.69. The Morgan fingerprint density at radius 3 is 2.39 bits per heavy atom. The molecule has 0 aromatic heterocycles. The van der Waals surface area contributed by atoms with E-state index in [-0.39, 0.29) is 16.8 Å². The molecule has 1 amide bonds. The van der Waals surface area contributed by atoms with Crippen molar-refractivity contribution in [1.29, 1.82) is 0 Å². The second-order valence-electron chi connectivity index (χ2n) is 8.14. The summed E-state index contributed by atoms with van der Waals surface area (Å²) in [6.45, 7) is 5.79. The van der Waals surface area contributed by atoms with Crippen LogP contribution in [0.2, 0.25) is 0 Å². The molecule has 0 bridgehead atoms. The minimum absolute atomic E-state index is 0.0451. The Labute approximate surface area is 184 Å². The van der Waals surface area contributed by atoms with E-state index < -0.39 is 10.0 Å². The molecular weight excluding hydrogens is 408 g/mol. The summed E-state index contributed by atoms with van der Waals surface area (Å²) in [6, 6.07) is 20.0. The van der Waals surface area contributed by atoms with E-state index in [0.29, 0.717) is 11.3 Å². The highest BCUT2D eigenvalue weighted by molar-refractivity contribution is 7.92. The molecule has 4 rings (SSSR count). The zero-order chi connectivity index (χ0) is 22.3. The van der Waals surface area contributed by atoms with Gasteiger partial charge < -0.3 is 4.90 Å². The molecule has 0 aliphatic carbocycles. The van der Waals surface area contributed by atoms with Crippen molar-refractivity contribution in [2.75, 3.05) is 16.3 Å². The Balaban J connectivity index is 1.71. The average molecular weight is 435 g/mol. The van der Waals surface area contributed by atoms with Gasteiger partial charge >= 0.3 is 0 Å². The lowest BCUT2D eigenvalue weighted by atomic mass is 10.1. The highest BCUT2D eigenvalue weighted by atomic mass is 32.2. The zero-order valence-electron chi connectivity index (χ0n) is 18.2. The van der Waals surface area contributed by atoms with Gasteiger partial charge in [0.25, 0.3) is 15.9 Å². The molecule has 1 heterocycles. The molecule has 0 fully saturated rings. The molecule has 3 aromatic carbocycles. The average Bonchev–Trinajstić information content (AvgIpc) is 3.09. The molecule has 160 valence electrons. The normalized spacial score (nSPS) is 15.6. The topological polar surface area (TPSA) is 57.7 Å². The van der Waals surface area contributed by atoms with Crippen molar-refractivity contribution in [3.63, 3.8) is 0 Å². The Hall–Kier alpha value is -3.12. The fourth-order valence-corrected chi connectivity index (χ4v) is 5.35. The molecule has 3 aromatic rings. The minimum atomic E-state index is -3.74. The lowest BCUT2D eigenvalue weighted by Gasteiger charge is -2.25. The van der Waals surface area contributed by atoms with Crippen molar-refractivity contribution in [2.45, 2.75) is 38.1 Å². The fourth-order valence-electron chi connectivity index (χ4n) is 4.09. The van der Waals surface area contributed by atoms with Gasteiger partial charge in [-0.05, 0) is 68.7 Å².